The van der Waals surface area contributed by atoms with E-state index in [1.807, 2.05) is 25.1 Å². The standard InChI is InChI=1S/C19H20F2N2O/c1-3-17(15-7-5-13(20)11-16(15)21)22-14-6-8-18-12(10-14)4-9-19(24)23(18)2/h5-8,10-11,17,22H,3-4,9H2,1-2H3. The second-order valence-corrected chi connectivity index (χ2v) is 6.07. The van der Waals surface area contributed by atoms with Gasteiger partial charge in [0.15, 0.2) is 0 Å². The number of nitrogens with zero attached hydrogens (tertiary/aromatic N) is 1. The van der Waals surface area contributed by atoms with Gasteiger partial charge in [-0.05, 0) is 42.7 Å². The molecule has 0 aromatic heterocycles. The highest BCUT2D eigenvalue weighted by molar-refractivity contribution is 5.96. The average Bonchev–Trinajstić information content (AvgIpc) is 2.56. The molecule has 1 atom stereocenters. The zero-order chi connectivity index (χ0) is 17.3. The van der Waals surface area contributed by atoms with Crippen LogP contribution >= 0.6 is 0 Å². The van der Waals surface area contributed by atoms with E-state index in [2.05, 4.69) is 5.32 Å². The molecule has 1 heterocycles. The molecule has 0 saturated heterocycles. The summed E-state index contributed by atoms with van der Waals surface area (Å²) in [6.45, 7) is 1.95. The van der Waals surface area contributed by atoms with Gasteiger partial charge in [0.1, 0.15) is 11.6 Å². The first-order valence-electron chi connectivity index (χ1n) is 8.10. The summed E-state index contributed by atoms with van der Waals surface area (Å²) >= 11 is 0. The molecule has 0 spiro atoms. The summed E-state index contributed by atoms with van der Waals surface area (Å²) in [5.74, 6) is -1.01. The number of hydrogen-bond donors (Lipinski definition) is 1. The van der Waals surface area contributed by atoms with Crippen molar-refractivity contribution < 1.29 is 13.6 Å². The van der Waals surface area contributed by atoms with Crippen LogP contribution in [0.15, 0.2) is 36.4 Å². The number of halogens is 2. The molecule has 1 unspecified atom stereocenters. The Balaban J connectivity index is 1.85. The van der Waals surface area contributed by atoms with Crippen LogP contribution in [0.4, 0.5) is 20.2 Å². The van der Waals surface area contributed by atoms with E-state index in [0.29, 0.717) is 24.8 Å². The Labute approximate surface area is 140 Å². The van der Waals surface area contributed by atoms with Crippen molar-refractivity contribution in [2.24, 2.45) is 0 Å². The Morgan fingerprint density at radius 3 is 2.67 bits per heavy atom. The van der Waals surface area contributed by atoms with Gasteiger partial charge in [0.25, 0.3) is 0 Å². The molecule has 1 aliphatic heterocycles. The molecule has 2 aromatic rings. The van der Waals surface area contributed by atoms with Crippen LogP contribution in [0.3, 0.4) is 0 Å². The molecule has 0 fully saturated rings. The first-order valence-corrected chi connectivity index (χ1v) is 8.10. The summed E-state index contributed by atoms with van der Waals surface area (Å²) in [5, 5.41) is 3.32. The molecule has 0 bridgehead atoms. The third-order valence-electron chi connectivity index (χ3n) is 4.51. The molecule has 1 N–H and O–H groups in total. The van der Waals surface area contributed by atoms with Crippen molar-refractivity contribution in [3.05, 3.63) is 59.2 Å². The largest absolute Gasteiger partial charge is 0.378 e. The fourth-order valence-corrected chi connectivity index (χ4v) is 3.13. The number of nitrogens with one attached hydrogen (secondary N) is 1. The molecule has 3 rings (SSSR count). The van der Waals surface area contributed by atoms with Crippen molar-refractivity contribution in [1.29, 1.82) is 0 Å². The maximum absolute atomic E-state index is 14.0. The number of anilines is 2. The van der Waals surface area contributed by atoms with Gasteiger partial charge in [-0.15, -0.1) is 0 Å². The Morgan fingerprint density at radius 1 is 1.17 bits per heavy atom. The second kappa shape index (κ2) is 6.59. The van der Waals surface area contributed by atoms with Gasteiger partial charge in [0.05, 0.1) is 6.04 Å². The van der Waals surface area contributed by atoms with E-state index in [1.54, 1.807) is 11.9 Å². The van der Waals surface area contributed by atoms with Crippen LogP contribution in [0, 0.1) is 11.6 Å². The summed E-state index contributed by atoms with van der Waals surface area (Å²) in [6, 6.07) is 9.22. The van der Waals surface area contributed by atoms with E-state index in [1.165, 1.54) is 12.1 Å². The van der Waals surface area contributed by atoms with Gasteiger partial charge in [-0.1, -0.05) is 13.0 Å². The molecule has 0 aliphatic carbocycles. The van der Waals surface area contributed by atoms with Gasteiger partial charge in [0.2, 0.25) is 5.91 Å². The number of carbonyl (C=O) groups excluding carboxylic acids is 1. The van der Waals surface area contributed by atoms with Gasteiger partial charge in [0, 0.05) is 36.5 Å². The third kappa shape index (κ3) is 3.11. The van der Waals surface area contributed by atoms with E-state index in [-0.39, 0.29) is 11.9 Å². The summed E-state index contributed by atoms with van der Waals surface area (Å²) in [7, 11) is 1.77. The molecular formula is C19H20F2N2O. The molecule has 24 heavy (non-hydrogen) atoms. The van der Waals surface area contributed by atoms with Crippen LogP contribution < -0.4 is 10.2 Å². The number of carbonyl (C=O) groups is 1. The molecule has 5 heteroatoms. The summed E-state index contributed by atoms with van der Waals surface area (Å²) in [6.07, 6.45) is 1.87. The van der Waals surface area contributed by atoms with Crippen LogP contribution in [-0.4, -0.2) is 13.0 Å². The Kier molecular flexibility index (Phi) is 4.51. The lowest BCUT2D eigenvalue weighted by atomic mass is 9.99. The summed E-state index contributed by atoms with van der Waals surface area (Å²) in [5.41, 5.74) is 3.32. The van der Waals surface area contributed by atoms with Crippen molar-refractivity contribution in [1.82, 2.24) is 0 Å². The zero-order valence-electron chi connectivity index (χ0n) is 13.8. The molecule has 0 radical (unpaired) electrons. The highest BCUT2D eigenvalue weighted by Crippen LogP contribution is 2.31. The zero-order valence-corrected chi connectivity index (χ0v) is 13.8. The fraction of sp³-hybridized carbons (Fsp3) is 0.316. The lowest BCUT2D eigenvalue weighted by Gasteiger charge is -2.27. The Morgan fingerprint density at radius 2 is 1.96 bits per heavy atom. The molecule has 3 nitrogen and oxygen atoms in total. The average molecular weight is 330 g/mol. The first kappa shape index (κ1) is 16.4. The molecular weight excluding hydrogens is 310 g/mol. The quantitative estimate of drug-likeness (QED) is 0.899. The van der Waals surface area contributed by atoms with E-state index >= 15 is 0 Å². The topological polar surface area (TPSA) is 32.3 Å². The van der Waals surface area contributed by atoms with Crippen LogP contribution in [-0.2, 0) is 11.2 Å². The number of benzene rings is 2. The van der Waals surface area contributed by atoms with Crippen molar-refractivity contribution in [3.63, 3.8) is 0 Å². The SMILES string of the molecule is CCC(Nc1ccc2c(c1)CCC(=O)N2C)c1ccc(F)cc1F. The second-order valence-electron chi connectivity index (χ2n) is 6.07. The minimum atomic E-state index is -0.576. The first-order chi connectivity index (χ1) is 11.5. The number of hydrogen-bond acceptors (Lipinski definition) is 2. The van der Waals surface area contributed by atoms with Crippen molar-refractivity contribution >= 4 is 17.3 Å². The maximum atomic E-state index is 14.0. The maximum Gasteiger partial charge on any atom is 0.227 e. The van der Waals surface area contributed by atoms with Crippen LogP contribution in [0.25, 0.3) is 0 Å². The summed E-state index contributed by atoms with van der Waals surface area (Å²) in [4.78, 5) is 13.4. The monoisotopic (exact) mass is 330 g/mol. The lowest BCUT2D eigenvalue weighted by molar-refractivity contribution is -0.118. The molecule has 126 valence electrons. The van der Waals surface area contributed by atoms with Crippen molar-refractivity contribution in [2.45, 2.75) is 32.2 Å². The molecule has 1 amide bonds. The Bertz CT molecular complexity index is 776. The van der Waals surface area contributed by atoms with Crippen molar-refractivity contribution in [2.75, 3.05) is 17.3 Å². The van der Waals surface area contributed by atoms with Gasteiger partial charge < -0.3 is 10.2 Å². The smallest absolute Gasteiger partial charge is 0.227 e. The van der Waals surface area contributed by atoms with E-state index in [9.17, 15) is 13.6 Å². The van der Waals surface area contributed by atoms with Gasteiger partial charge in [-0.3, -0.25) is 4.79 Å². The van der Waals surface area contributed by atoms with Crippen LogP contribution in [0.5, 0.6) is 0 Å². The number of rotatable bonds is 4. The van der Waals surface area contributed by atoms with Crippen LogP contribution in [0.2, 0.25) is 0 Å². The molecule has 1 aliphatic rings. The third-order valence-corrected chi connectivity index (χ3v) is 4.51. The highest BCUT2D eigenvalue weighted by Gasteiger charge is 2.21. The number of fused-ring (bicyclic) bond motifs is 1. The van der Waals surface area contributed by atoms with Crippen molar-refractivity contribution in [3.8, 4) is 0 Å². The molecule has 0 saturated carbocycles. The number of amides is 1. The van der Waals surface area contributed by atoms with E-state index < -0.39 is 11.6 Å². The predicted molar refractivity (Wildman–Crippen MR) is 91.2 cm³/mol. The van der Waals surface area contributed by atoms with E-state index in [0.717, 1.165) is 23.0 Å². The lowest BCUT2D eigenvalue weighted by Crippen LogP contribution is -2.31. The summed E-state index contributed by atoms with van der Waals surface area (Å²) < 4.78 is 27.1. The minimum Gasteiger partial charge on any atom is -0.378 e. The van der Waals surface area contributed by atoms with Gasteiger partial charge in [-0.25, -0.2) is 8.78 Å². The van der Waals surface area contributed by atoms with Gasteiger partial charge >= 0.3 is 0 Å². The Hall–Kier alpha value is -2.43. The fourth-order valence-electron chi connectivity index (χ4n) is 3.13. The van der Waals surface area contributed by atoms with Crippen LogP contribution in [0.1, 0.15) is 36.9 Å². The predicted octanol–water partition coefficient (Wildman–Crippen LogP) is 4.44. The normalized spacial score (nSPS) is 15.2. The highest BCUT2D eigenvalue weighted by atomic mass is 19.1. The number of aryl methyl sites for hydroxylation is 1. The molecule has 2 aromatic carbocycles. The van der Waals surface area contributed by atoms with Gasteiger partial charge in [-0.2, -0.15) is 0 Å². The van der Waals surface area contributed by atoms with E-state index in [4.69, 9.17) is 0 Å². The minimum absolute atomic E-state index is 0.114.